The average molecular weight is 563 g/mol. The quantitative estimate of drug-likeness (QED) is 0.324. The first-order valence-electron chi connectivity index (χ1n) is 10.4. The molecule has 0 radical (unpaired) electrons. The van der Waals surface area contributed by atoms with Crippen molar-refractivity contribution in [1.29, 1.82) is 0 Å². The van der Waals surface area contributed by atoms with Gasteiger partial charge in [0.2, 0.25) is 5.91 Å². The second kappa shape index (κ2) is 10.6. The molecule has 3 atom stereocenters. The third-order valence-corrected chi connectivity index (χ3v) is 6.49. The molecule has 2 aromatic carbocycles. The third-order valence-electron chi connectivity index (χ3n) is 5.92. The van der Waals surface area contributed by atoms with Gasteiger partial charge in [0, 0.05) is 23.0 Å². The molecule has 0 spiro atoms. The second-order valence-corrected chi connectivity index (χ2v) is 8.98. The van der Waals surface area contributed by atoms with E-state index in [-0.39, 0.29) is 11.3 Å². The number of phenols is 1. The van der Waals surface area contributed by atoms with Gasteiger partial charge in [-0.3, -0.25) is 9.00 Å². The highest BCUT2D eigenvalue weighted by molar-refractivity contribution is 7.77. The number of alkyl halides is 1. The number of carbonyl (C=O) groups excluding carboxylic acids is 1. The fourth-order valence-corrected chi connectivity index (χ4v) is 4.38. The average Bonchev–Trinajstić information content (AvgIpc) is 2.84. The minimum absolute atomic E-state index is 0.180. The van der Waals surface area contributed by atoms with E-state index >= 15 is 4.39 Å². The molecule has 15 heteroatoms. The van der Waals surface area contributed by atoms with Gasteiger partial charge >= 0.3 is 5.97 Å². The van der Waals surface area contributed by atoms with E-state index in [4.69, 9.17) is 5.11 Å². The molecule has 3 rings (SSSR count). The van der Waals surface area contributed by atoms with Gasteiger partial charge in [-0.05, 0) is 36.8 Å². The topological polar surface area (TPSA) is 130 Å². The summed E-state index contributed by atoms with van der Waals surface area (Å²) in [6.07, 6.45) is -1.81. The lowest BCUT2D eigenvalue weighted by Crippen LogP contribution is -2.63. The van der Waals surface area contributed by atoms with Crippen LogP contribution in [-0.4, -0.2) is 42.1 Å². The lowest BCUT2D eigenvalue weighted by atomic mass is 9.75. The van der Waals surface area contributed by atoms with E-state index in [0.29, 0.717) is 11.8 Å². The number of aromatic carboxylic acids is 1. The molecule has 3 unspecified atom stereocenters. The number of rotatable bonds is 8. The maximum Gasteiger partial charge on any atom is 0.339 e. The van der Waals surface area contributed by atoms with Crippen LogP contribution in [0.5, 0.6) is 5.75 Å². The number of carbonyl (C=O) groups is 2. The summed E-state index contributed by atoms with van der Waals surface area (Å²) in [5.41, 5.74) is -8.31. The highest BCUT2D eigenvalue weighted by Gasteiger charge is 2.62. The maximum atomic E-state index is 16.1. The Morgan fingerprint density at radius 1 is 1.03 bits per heavy atom. The van der Waals surface area contributed by atoms with E-state index in [1.807, 2.05) is 0 Å². The number of carboxylic acid groups (broad SMARTS) is 1. The molecule has 8 nitrogen and oxygen atoms in total. The minimum Gasteiger partial charge on any atom is -0.760 e. The molecule has 1 amide bonds. The lowest BCUT2D eigenvalue weighted by Gasteiger charge is -2.44. The smallest absolute Gasteiger partial charge is 0.339 e. The zero-order chi connectivity index (χ0) is 28.6. The Morgan fingerprint density at radius 2 is 1.61 bits per heavy atom. The van der Waals surface area contributed by atoms with Crippen LogP contribution in [0.2, 0.25) is 0 Å². The molecule has 1 aliphatic carbocycles. The molecule has 2 aromatic rings. The number of nitrogens with zero attached hydrogens (tertiary/aromatic N) is 1. The minimum atomic E-state index is -4.14. The Labute approximate surface area is 213 Å². The van der Waals surface area contributed by atoms with Crippen LogP contribution in [0.1, 0.15) is 29.3 Å². The Bertz CT molecular complexity index is 1380. The van der Waals surface area contributed by atoms with Crippen LogP contribution in [0.4, 0.5) is 32.0 Å². The first-order chi connectivity index (χ1) is 17.6. The third kappa shape index (κ3) is 5.16. The number of nitrogens with one attached hydrogen (secondary N) is 1. The maximum absolute atomic E-state index is 16.1. The number of hydrogen-bond acceptors (Lipinski definition) is 5. The van der Waals surface area contributed by atoms with Gasteiger partial charge in [0.05, 0.1) is 13.0 Å². The fraction of sp³-hybridized carbons (Fsp3) is 0.217. The predicted molar refractivity (Wildman–Crippen MR) is 120 cm³/mol. The fourth-order valence-electron chi connectivity index (χ4n) is 3.79. The van der Waals surface area contributed by atoms with Crippen molar-refractivity contribution in [2.45, 2.75) is 31.1 Å². The van der Waals surface area contributed by atoms with Crippen molar-refractivity contribution in [3.63, 3.8) is 0 Å². The van der Waals surface area contributed by atoms with E-state index in [0.717, 1.165) is 30.3 Å². The first kappa shape index (κ1) is 28.9. The molecule has 0 bridgehead atoms. The summed E-state index contributed by atoms with van der Waals surface area (Å²) in [7, 11) is 0. The molecule has 0 aliphatic heterocycles. The Morgan fingerprint density at radius 3 is 2.13 bits per heavy atom. The second-order valence-electron chi connectivity index (χ2n) is 8.31. The largest absolute Gasteiger partial charge is 0.760 e. The summed E-state index contributed by atoms with van der Waals surface area (Å²) >= 11 is -3.56. The summed E-state index contributed by atoms with van der Waals surface area (Å²) < 4.78 is 111. The molecular formula is C23H17F6N2O6S-. The Balaban J connectivity index is 2.12. The van der Waals surface area contributed by atoms with Gasteiger partial charge in [-0.15, -0.1) is 0 Å². The van der Waals surface area contributed by atoms with Crippen molar-refractivity contribution in [3.05, 3.63) is 82.7 Å². The zero-order valence-electron chi connectivity index (χ0n) is 19.1. The van der Waals surface area contributed by atoms with Gasteiger partial charge < -0.3 is 19.7 Å². The van der Waals surface area contributed by atoms with Crippen LogP contribution in [0.25, 0.3) is 0 Å². The van der Waals surface area contributed by atoms with Crippen LogP contribution in [-0.2, 0) is 22.6 Å². The molecular weight excluding hydrogens is 546 g/mol. The van der Waals surface area contributed by atoms with Crippen LogP contribution < -0.4 is 9.62 Å². The summed E-state index contributed by atoms with van der Waals surface area (Å²) in [6, 6.07) is 7.00. The van der Waals surface area contributed by atoms with Crippen molar-refractivity contribution < 1.29 is 54.9 Å². The lowest BCUT2D eigenvalue weighted by molar-refractivity contribution is -0.122. The van der Waals surface area contributed by atoms with Gasteiger partial charge in [-0.1, -0.05) is 12.1 Å². The molecule has 0 heterocycles. The normalized spacial score (nSPS) is 22.4. The Kier molecular flexibility index (Phi) is 8.04. The van der Waals surface area contributed by atoms with Crippen LogP contribution in [0.3, 0.4) is 0 Å². The van der Waals surface area contributed by atoms with Gasteiger partial charge in [0.15, 0.2) is 29.0 Å². The number of aromatic hydroxyl groups is 1. The van der Waals surface area contributed by atoms with E-state index in [2.05, 4.69) is 0 Å². The van der Waals surface area contributed by atoms with Crippen LogP contribution in [0.15, 0.2) is 65.8 Å². The van der Waals surface area contributed by atoms with E-state index in [1.165, 1.54) is 16.9 Å². The number of benzene rings is 2. The molecule has 0 saturated heterocycles. The number of halogens is 6. The SMILES string of the molecule is CC1(NS(=O)[O-])C(F)=C(F)C(F)=C(F)C1(F)CC(=O)N(Cc1ccc(F)cc1)c1ccc(C(=O)O)c(O)c1. The summed E-state index contributed by atoms with van der Waals surface area (Å²) in [6.45, 7) is -0.187. The van der Waals surface area contributed by atoms with Crippen molar-refractivity contribution in [3.8, 4) is 5.75 Å². The molecule has 1 aliphatic rings. The summed E-state index contributed by atoms with van der Waals surface area (Å²) in [5, 5.41) is 19.2. The van der Waals surface area contributed by atoms with Crippen molar-refractivity contribution in [2.24, 2.45) is 0 Å². The highest BCUT2D eigenvalue weighted by Crippen LogP contribution is 2.51. The monoisotopic (exact) mass is 563 g/mol. The molecule has 0 aromatic heterocycles. The predicted octanol–water partition coefficient (Wildman–Crippen LogP) is 4.32. The molecule has 3 N–H and O–H groups in total. The number of carboxylic acids is 1. The molecule has 38 heavy (non-hydrogen) atoms. The molecule has 0 saturated carbocycles. The van der Waals surface area contributed by atoms with Crippen molar-refractivity contribution in [1.82, 2.24) is 4.72 Å². The van der Waals surface area contributed by atoms with E-state index in [9.17, 15) is 45.4 Å². The van der Waals surface area contributed by atoms with E-state index < -0.39 is 87.8 Å². The number of hydrogen-bond donors (Lipinski definition) is 3. The summed E-state index contributed by atoms with van der Waals surface area (Å²) in [5.74, 6) is -14.6. The molecule has 204 valence electrons. The van der Waals surface area contributed by atoms with E-state index in [1.54, 1.807) is 0 Å². The van der Waals surface area contributed by atoms with Crippen LogP contribution in [0, 0.1) is 5.82 Å². The van der Waals surface area contributed by atoms with Gasteiger partial charge in [-0.2, -0.15) is 0 Å². The van der Waals surface area contributed by atoms with Gasteiger partial charge in [-0.25, -0.2) is 35.9 Å². The highest BCUT2D eigenvalue weighted by atomic mass is 32.2. The van der Waals surface area contributed by atoms with Crippen molar-refractivity contribution in [2.75, 3.05) is 4.90 Å². The molecule has 0 fully saturated rings. The standard InChI is InChI=1S/C23H18F6N2O6S/c1-22(30-38(36)37)19(27)17(25)18(26)20(28)23(22,29)9-16(33)31(10-11-2-4-12(24)5-3-11)13-6-7-14(21(34)35)15(32)8-13/h2-8,30,32H,9-10H2,1H3,(H,34,35)(H,36,37)/p-1. The number of anilines is 1. The van der Waals surface area contributed by atoms with Crippen LogP contribution >= 0.6 is 0 Å². The Hall–Kier alpha value is -3.69. The van der Waals surface area contributed by atoms with Gasteiger partial charge in [0.25, 0.3) is 0 Å². The van der Waals surface area contributed by atoms with Gasteiger partial charge in [0.1, 0.15) is 22.7 Å². The zero-order valence-corrected chi connectivity index (χ0v) is 19.9. The summed E-state index contributed by atoms with van der Waals surface area (Å²) in [4.78, 5) is 25.2. The van der Waals surface area contributed by atoms with Crippen molar-refractivity contribution >= 4 is 28.8 Å². The first-order valence-corrected chi connectivity index (χ1v) is 11.5. The number of amides is 1. The number of allylic oxidation sites excluding steroid dienone is 2.